The highest BCUT2D eigenvalue weighted by molar-refractivity contribution is 6.34. The van der Waals surface area contributed by atoms with E-state index in [4.69, 9.17) is 11.6 Å². The van der Waals surface area contributed by atoms with Crippen LogP contribution < -0.4 is 4.90 Å². The molecule has 0 spiro atoms. The van der Waals surface area contributed by atoms with Crippen LogP contribution in [0, 0.1) is 0 Å². The number of rotatable bonds is 9. The van der Waals surface area contributed by atoms with Gasteiger partial charge in [-0.1, -0.05) is 25.4 Å². The number of carbonyl (C=O) groups excluding carboxylic acids is 1. The number of Topliss-reactive ketones (excluding diaryl/α,β-unsaturated/α-hetero) is 1. The normalized spacial score (nSPS) is 11.0. The Hall–Kier alpha value is -1.06. The van der Waals surface area contributed by atoms with E-state index in [1.807, 2.05) is 18.2 Å². The van der Waals surface area contributed by atoms with Crippen molar-refractivity contribution in [2.24, 2.45) is 0 Å². The molecule has 0 aliphatic carbocycles. The van der Waals surface area contributed by atoms with Gasteiger partial charge in [-0.3, -0.25) is 4.79 Å². The van der Waals surface area contributed by atoms with Crippen molar-refractivity contribution in [1.29, 1.82) is 0 Å². The molecule has 0 saturated heterocycles. The Bertz CT molecular complexity index is 458. The van der Waals surface area contributed by atoms with Crippen LogP contribution in [-0.4, -0.2) is 43.4 Å². The van der Waals surface area contributed by atoms with Crippen molar-refractivity contribution in [3.05, 3.63) is 28.8 Å². The summed E-state index contributed by atoms with van der Waals surface area (Å²) >= 11 is 6.20. The zero-order chi connectivity index (χ0) is 15.8. The second-order valence-corrected chi connectivity index (χ2v) is 5.59. The molecular weight excluding hydrogens is 284 g/mol. The number of nitrogens with zero attached hydrogens (tertiary/aromatic N) is 2. The quantitative estimate of drug-likeness (QED) is 0.642. The van der Waals surface area contributed by atoms with Crippen LogP contribution in [0.1, 0.15) is 44.5 Å². The molecule has 118 valence electrons. The number of halogens is 1. The summed E-state index contributed by atoms with van der Waals surface area (Å²) in [6, 6.07) is 5.72. The monoisotopic (exact) mass is 310 g/mol. The van der Waals surface area contributed by atoms with E-state index in [-0.39, 0.29) is 5.78 Å². The summed E-state index contributed by atoms with van der Waals surface area (Å²) in [5.41, 5.74) is 1.69. The van der Waals surface area contributed by atoms with Gasteiger partial charge in [0, 0.05) is 24.3 Å². The van der Waals surface area contributed by atoms with Crippen LogP contribution in [0.25, 0.3) is 0 Å². The van der Waals surface area contributed by atoms with E-state index in [9.17, 15) is 4.79 Å². The van der Waals surface area contributed by atoms with Crippen molar-refractivity contribution < 1.29 is 4.79 Å². The number of benzene rings is 1. The van der Waals surface area contributed by atoms with E-state index in [1.165, 1.54) is 0 Å². The van der Waals surface area contributed by atoms with Crippen molar-refractivity contribution in [3.63, 3.8) is 0 Å². The predicted molar refractivity (Wildman–Crippen MR) is 91.7 cm³/mol. The number of hydrogen-bond acceptors (Lipinski definition) is 3. The number of ketones is 1. The van der Waals surface area contributed by atoms with Gasteiger partial charge in [0.05, 0.1) is 5.02 Å². The van der Waals surface area contributed by atoms with Crippen LogP contribution in [0.3, 0.4) is 0 Å². The van der Waals surface area contributed by atoms with Gasteiger partial charge in [0.1, 0.15) is 0 Å². The molecule has 0 heterocycles. The van der Waals surface area contributed by atoms with Crippen LogP contribution in [0.15, 0.2) is 18.2 Å². The van der Waals surface area contributed by atoms with Gasteiger partial charge in [-0.25, -0.2) is 0 Å². The van der Waals surface area contributed by atoms with E-state index >= 15 is 0 Å². The summed E-state index contributed by atoms with van der Waals surface area (Å²) in [5.74, 6) is 0.0103. The fourth-order valence-electron chi connectivity index (χ4n) is 2.48. The maximum Gasteiger partial charge on any atom is 0.161 e. The minimum Gasteiger partial charge on any atom is -0.372 e. The Balaban J connectivity index is 2.68. The van der Waals surface area contributed by atoms with Gasteiger partial charge in [0.25, 0.3) is 0 Å². The van der Waals surface area contributed by atoms with Gasteiger partial charge < -0.3 is 9.80 Å². The Labute approximate surface area is 133 Å². The SMILES string of the molecule is CCN(CC)CCCN(CC)c1ccc(C(C)=O)c(Cl)c1. The first-order chi connectivity index (χ1) is 10.0. The smallest absolute Gasteiger partial charge is 0.161 e. The average Bonchev–Trinajstić information content (AvgIpc) is 2.47. The highest BCUT2D eigenvalue weighted by Gasteiger charge is 2.10. The molecule has 4 heteroatoms. The lowest BCUT2D eigenvalue weighted by Gasteiger charge is -2.25. The standard InChI is InChI=1S/C17H27ClN2O/c1-5-19(6-2)11-8-12-20(7-3)15-9-10-16(14(4)21)17(18)13-15/h9-10,13H,5-8,11-12H2,1-4H3. The first-order valence-corrected chi connectivity index (χ1v) is 8.19. The number of carbonyl (C=O) groups is 1. The van der Waals surface area contributed by atoms with Gasteiger partial charge in [-0.2, -0.15) is 0 Å². The minimum absolute atomic E-state index is 0.0103. The Morgan fingerprint density at radius 1 is 1.10 bits per heavy atom. The fourth-order valence-corrected chi connectivity index (χ4v) is 2.79. The van der Waals surface area contributed by atoms with E-state index in [0.717, 1.165) is 44.8 Å². The molecule has 1 aromatic rings. The number of hydrogen-bond donors (Lipinski definition) is 0. The third-order valence-corrected chi connectivity index (χ3v) is 4.19. The molecular formula is C17H27ClN2O. The van der Waals surface area contributed by atoms with E-state index in [2.05, 4.69) is 30.6 Å². The van der Waals surface area contributed by atoms with Crippen LogP contribution in [0.5, 0.6) is 0 Å². The Morgan fingerprint density at radius 3 is 2.24 bits per heavy atom. The number of anilines is 1. The van der Waals surface area contributed by atoms with Gasteiger partial charge in [0.2, 0.25) is 0 Å². The lowest BCUT2D eigenvalue weighted by atomic mass is 10.1. The summed E-state index contributed by atoms with van der Waals surface area (Å²) in [7, 11) is 0. The van der Waals surface area contributed by atoms with Crippen molar-refractivity contribution in [2.75, 3.05) is 37.6 Å². The van der Waals surface area contributed by atoms with Crippen LogP contribution in [-0.2, 0) is 0 Å². The Morgan fingerprint density at radius 2 is 1.76 bits per heavy atom. The second kappa shape index (κ2) is 9.06. The third-order valence-electron chi connectivity index (χ3n) is 3.88. The third kappa shape index (κ3) is 5.33. The first kappa shape index (κ1) is 18.0. The van der Waals surface area contributed by atoms with Crippen LogP contribution in [0.2, 0.25) is 5.02 Å². The Kier molecular flexibility index (Phi) is 7.76. The molecule has 0 bridgehead atoms. The summed E-state index contributed by atoms with van der Waals surface area (Å²) in [5, 5.41) is 0.544. The van der Waals surface area contributed by atoms with Gasteiger partial charge in [-0.15, -0.1) is 0 Å². The first-order valence-electron chi connectivity index (χ1n) is 7.81. The molecule has 0 saturated carbocycles. The predicted octanol–water partition coefficient (Wildman–Crippen LogP) is 4.10. The molecule has 0 aliphatic heterocycles. The molecule has 0 fully saturated rings. The van der Waals surface area contributed by atoms with Gasteiger partial charge in [0.15, 0.2) is 5.78 Å². The molecule has 0 atom stereocenters. The van der Waals surface area contributed by atoms with Crippen molar-refractivity contribution in [2.45, 2.75) is 34.1 Å². The molecule has 21 heavy (non-hydrogen) atoms. The fraction of sp³-hybridized carbons (Fsp3) is 0.588. The lowest BCUT2D eigenvalue weighted by molar-refractivity contribution is 0.101. The summed E-state index contributed by atoms with van der Waals surface area (Å²) in [6.45, 7) is 13.3. The maximum absolute atomic E-state index is 11.4. The topological polar surface area (TPSA) is 23.6 Å². The van der Waals surface area contributed by atoms with Crippen molar-refractivity contribution in [1.82, 2.24) is 4.90 Å². The van der Waals surface area contributed by atoms with Crippen LogP contribution in [0.4, 0.5) is 5.69 Å². The zero-order valence-electron chi connectivity index (χ0n) is 13.7. The molecule has 3 nitrogen and oxygen atoms in total. The lowest BCUT2D eigenvalue weighted by Crippen LogP contribution is -2.30. The average molecular weight is 311 g/mol. The highest BCUT2D eigenvalue weighted by Crippen LogP contribution is 2.24. The molecule has 0 radical (unpaired) electrons. The summed E-state index contributed by atoms with van der Waals surface area (Å²) in [6.07, 6.45) is 1.13. The molecule has 0 unspecified atom stereocenters. The molecule has 1 rings (SSSR count). The largest absolute Gasteiger partial charge is 0.372 e. The van der Waals surface area contributed by atoms with Gasteiger partial charge in [-0.05, 0) is 58.1 Å². The maximum atomic E-state index is 11.4. The van der Waals surface area contributed by atoms with E-state index < -0.39 is 0 Å². The second-order valence-electron chi connectivity index (χ2n) is 5.18. The van der Waals surface area contributed by atoms with Crippen LogP contribution >= 0.6 is 11.6 Å². The van der Waals surface area contributed by atoms with Crippen molar-refractivity contribution >= 4 is 23.1 Å². The summed E-state index contributed by atoms with van der Waals surface area (Å²) < 4.78 is 0. The minimum atomic E-state index is 0.0103. The molecule has 0 N–H and O–H groups in total. The molecule has 0 amide bonds. The van der Waals surface area contributed by atoms with Crippen molar-refractivity contribution in [3.8, 4) is 0 Å². The van der Waals surface area contributed by atoms with Gasteiger partial charge >= 0.3 is 0 Å². The molecule has 1 aromatic carbocycles. The molecule has 0 aliphatic rings. The summed E-state index contributed by atoms with van der Waals surface area (Å²) in [4.78, 5) is 16.2. The highest BCUT2D eigenvalue weighted by atomic mass is 35.5. The molecule has 0 aromatic heterocycles. The zero-order valence-corrected chi connectivity index (χ0v) is 14.4. The van der Waals surface area contributed by atoms with E-state index in [0.29, 0.717) is 10.6 Å². The van der Waals surface area contributed by atoms with E-state index in [1.54, 1.807) is 6.92 Å².